The fourth-order valence-electron chi connectivity index (χ4n) is 2.24. The Kier molecular flexibility index (Phi) is 4.02. The van der Waals surface area contributed by atoms with Gasteiger partial charge in [0.1, 0.15) is 5.57 Å². The molecule has 0 unspecified atom stereocenters. The van der Waals surface area contributed by atoms with E-state index in [0.29, 0.717) is 10.7 Å². The van der Waals surface area contributed by atoms with Crippen LogP contribution in [0.2, 0.25) is 5.02 Å². The molecule has 0 aliphatic carbocycles. The smallest absolute Gasteiger partial charge is 0.265 e. The summed E-state index contributed by atoms with van der Waals surface area (Å²) in [6.07, 6.45) is 3.39. The van der Waals surface area contributed by atoms with Gasteiger partial charge < -0.3 is 4.57 Å². The van der Waals surface area contributed by atoms with Gasteiger partial charge in [0.15, 0.2) is 5.11 Å². The molecule has 0 atom stereocenters. The van der Waals surface area contributed by atoms with Gasteiger partial charge in [0.25, 0.3) is 11.8 Å². The zero-order valence-corrected chi connectivity index (χ0v) is 13.7. The lowest BCUT2D eigenvalue weighted by Crippen LogP contribution is -2.52. The number of benzene rings is 1. The Balaban J connectivity index is 2.02. The van der Waals surface area contributed by atoms with Crippen molar-refractivity contribution in [2.24, 2.45) is 0 Å². The molecule has 0 radical (unpaired) electrons. The molecular weight excluding hydrogens is 334 g/mol. The number of likely N-dealkylation sites (N-methyl/N-ethyl adjacent to an activating group) is 1. The lowest BCUT2D eigenvalue weighted by Gasteiger charge is -2.25. The molecule has 1 aliphatic heterocycles. The van der Waals surface area contributed by atoms with Crippen LogP contribution in [0.5, 0.6) is 0 Å². The first-order chi connectivity index (χ1) is 11.0. The highest BCUT2D eigenvalue weighted by molar-refractivity contribution is 7.80. The summed E-state index contributed by atoms with van der Waals surface area (Å²) in [6.45, 7) is 0. The summed E-state index contributed by atoms with van der Waals surface area (Å²) in [7, 11) is 1.52. The third kappa shape index (κ3) is 2.91. The van der Waals surface area contributed by atoms with Gasteiger partial charge in [-0.1, -0.05) is 11.6 Å². The number of rotatable bonds is 2. The molecule has 2 heterocycles. The van der Waals surface area contributed by atoms with Gasteiger partial charge in [0.2, 0.25) is 0 Å². The summed E-state index contributed by atoms with van der Waals surface area (Å²) in [4.78, 5) is 25.5. The molecular formula is C16H12ClN3O2S. The summed E-state index contributed by atoms with van der Waals surface area (Å²) < 4.78 is 1.86. The van der Waals surface area contributed by atoms with Crippen molar-refractivity contribution in [2.75, 3.05) is 7.05 Å². The van der Waals surface area contributed by atoms with Crippen molar-refractivity contribution in [3.8, 4) is 5.69 Å². The number of hydrogen-bond donors (Lipinski definition) is 1. The van der Waals surface area contributed by atoms with E-state index in [1.54, 1.807) is 18.2 Å². The second-order valence-corrected chi connectivity index (χ2v) is 5.78. The molecule has 1 aromatic carbocycles. The Morgan fingerprint density at radius 3 is 2.57 bits per heavy atom. The highest BCUT2D eigenvalue weighted by Crippen LogP contribution is 2.19. The molecule has 2 aromatic rings. The van der Waals surface area contributed by atoms with Crippen LogP contribution in [0, 0.1) is 0 Å². The van der Waals surface area contributed by atoms with Crippen LogP contribution >= 0.6 is 23.8 Å². The molecule has 23 heavy (non-hydrogen) atoms. The molecule has 1 aromatic heterocycles. The molecule has 1 N–H and O–H groups in total. The quantitative estimate of drug-likeness (QED) is 0.516. The van der Waals surface area contributed by atoms with Crippen molar-refractivity contribution >= 4 is 46.8 Å². The number of nitrogens with one attached hydrogen (secondary N) is 1. The van der Waals surface area contributed by atoms with Gasteiger partial charge >= 0.3 is 0 Å². The van der Waals surface area contributed by atoms with Gasteiger partial charge in [-0.25, -0.2) is 0 Å². The van der Waals surface area contributed by atoms with Gasteiger partial charge in [0.05, 0.1) is 0 Å². The van der Waals surface area contributed by atoms with Gasteiger partial charge in [0, 0.05) is 29.6 Å². The monoisotopic (exact) mass is 345 g/mol. The second kappa shape index (κ2) is 5.98. The number of carbonyl (C=O) groups excluding carboxylic acids is 2. The molecule has 5 nitrogen and oxygen atoms in total. The van der Waals surface area contributed by atoms with E-state index >= 15 is 0 Å². The maximum atomic E-state index is 12.2. The first kappa shape index (κ1) is 15.5. The number of halogens is 1. The maximum Gasteiger partial charge on any atom is 0.265 e. The molecule has 3 rings (SSSR count). The predicted octanol–water partition coefficient (Wildman–Crippen LogP) is 2.39. The minimum absolute atomic E-state index is 0.0370. The highest BCUT2D eigenvalue weighted by Gasteiger charge is 2.30. The van der Waals surface area contributed by atoms with Gasteiger partial charge in [-0.3, -0.25) is 19.8 Å². The average Bonchev–Trinajstić information content (AvgIpc) is 2.98. The second-order valence-electron chi connectivity index (χ2n) is 4.96. The first-order valence-electron chi connectivity index (χ1n) is 6.76. The average molecular weight is 346 g/mol. The Bertz CT molecular complexity index is 839. The summed E-state index contributed by atoms with van der Waals surface area (Å²) in [5.74, 6) is -0.926. The normalized spacial score (nSPS) is 16.9. The van der Waals surface area contributed by atoms with Crippen LogP contribution in [0.3, 0.4) is 0 Å². The van der Waals surface area contributed by atoms with Crippen LogP contribution in [0.4, 0.5) is 0 Å². The van der Waals surface area contributed by atoms with Crippen LogP contribution in [-0.2, 0) is 9.59 Å². The van der Waals surface area contributed by atoms with Gasteiger partial charge in [-0.05, 0) is 54.7 Å². The zero-order valence-electron chi connectivity index (χ0n) is 12.1. The number of thiocarbonyl (C=S) groups is 1. The Morgan fingerprint density at radius 2 is 1.87 bits per heavy atom. The molecule has 0 saturated carbocycles. The lowest BCUT2D eigenvalue weighted by molar-refractivity contribution is -0.128. The van der Waals surface area contributed by atoms with Crippen LogP contribution in [0.15, 0.2) is 48.2 Å². The predicted molar refractivity (Wildman–Crippen MR) is 92.3 cm³/mol. The summed E-state index contributed by atoms with van der Waals surface area (Å²) in [5.41, 5.74) is 1.61. The standard InChI is InChI=1S/C16H12ClN3O2S/c1-19-15(22)13(14(21)18-16(19)23)9-12-3-2-8-20(12)11-6-4-10(17)5-7-11/h2-9H,1H3,(H,18,21,23)/b13-9+. The van der Waals surface area contributed by atoms with E-state index in [2.05, 4.69) is 5.32 Å². The van der Waals surface area contributed by atoms with Crippen LogP contribution in [0.1, 0.15) is 5.69 Å². The van der Waals surface area contributed by atoms with Crippen molar-refractivity contribution in [1.29, 1.82) is 0 Å². The summed E-state index contributed by atoms with van der Waals surface area (Å²) in [5, 5.41) is 3.23. The largest absolute Gasteiger partial charge is 0.317 e. The molecule has 0 bridgehead atoms. The fraction of sp³-hybridized carbons (Fsp3) is 0.0625. The zero-order chi connectivity index (χ0) is 16.6. The van der Waals surface area contributed by atoms with Crippen molar-refractivity contribution in [3.63, 3.8) is 0 Å². The summed E-state index contributed by atoms with van der Waals surface area (Å²) in [6, 6.07) is 10.9. The van der Waals surface area contributed by atoms with E-state index in [0.717, 1.165) is 5.69 Å². The number of aromatic nitrogens is 1. The molecule has 7 heteroatoms. The number of hydrogen-bond acceptors (Lipinski definition) is 3. The van der Waals surface area contributed by atoms with Crippen molar-refractivity contribution < 1.29 is 9.59 Å². The number of amides is 2. The summed E-state index contributed by atoms with van der Waals surface area (Å²) >= 11 is 10.8. The first-order valence-corrected chi connectivity index (χ1v) is 7.54. The number of nitrogens with zero attached hydrogens (tertiary/aromatic N) is 2. The van der Waals surface area contributed by atoms with Crippen molar-refractivity contribution in [3.05, 3.63) is 58.9 Å². The van der Waals surface area contributed by atoms with Crippen LogP contribution in [0.25, 0.3) is 11.8 Å². The molecule has 1 fully saturated rings. The Morgan fingerprint density at radius 1 is 1.17 bits per heavy atom. The van der Waals surface area contributed by atoms with Gasteiger partial charge in [-0.15, -0.1) is 0 Å². The van der Waals surface area contributed by atoms with Crippen LogP contribution in [-0.4, -0.2) is 33.4 Å². The highest BCUT2D eigenvalue weighted by atomic mass is 35.5. The Labute approximate surface area is 143 Å². The van der Waals surface area contributed by atoms with Gasteiger partial charge in [-0.2, -0.15) is 0 Å². The topological polar surface area (TPSA) is 54.3 Å². The van der Waals surface area contributed by atoms with Crippen molar-refractivity contribution in [1.82, 2.24) is 14.8 Å². The minimum Gasteiger partial charge on any atom is -0.317 e. The SMILES string of the molecule is CN1C(=O)/C(=C/c2cccn2-c2ccc(Cl)cc2)C(=O)NC1=S. The van der Waals surface area contributed by atoms with Crippen molar-refractivity contribution in [2.45, 2.75) is 0 Å². The van der Waals surface area contributed by atoms with E-state index in [9.17, 15) is 9.59 Å². The molecule has 116 valence electrons. The Hall–Kier alpha value is -2.44. The number of carbonyl (C=O) groups is 2. The molecule has 2 amide bonds. The third-order valence-electron chi connectivity index (χ3n) is 3.48. The molecule has 1 saturated heterocycles. The molecule has 0 spiro atoms. The van der Waals surface area contributed by atoms with E-state index in [-0.39, 0.29) is 10.7 Å². The lowest BCUT2D eigenvalue weighted by atomic mass is 10.1. The minimum atomic E-state index is -0.498. The van der Waals surface area contributed by atoms with E-state index in [4.69, 9.17) is 23.8 Å². The molecule has 1 aliphatic rings. The maximum absolute atomic E-state index is 12.2. The fourth-order valence-corrected chi connectivity index (χ4v) is 2.54. The van der Waals surface area contributed by atoms with Crippen LogP contribution < -0.4 is 5.32 Å². The van der Waals surface area contributed by atoms with E-state index in [1.165, 1.54) is 11.9 Å². The van der Waals surface area contributed by atoms with E-state index in [1.807, 2.05) is 35.0 Å². The third-order valence-corrected chi connectivity index (χ3v) is 4.11. The van der Waals surface area contributed by atoms with E-state index < -0.39 is 11.8 Å².